The molecule has 1 amide bonds. The van der Waals surface area contributed by atoms with E-state index < -0.39 is 0 Å². The molecule has 106 valence electrons. The highest BCUT2D eigenvalue weighted by Crippen LogP contribution is 2.09. The van der Waals surface area contributed by atoms with Crippen LogP contribution in [0.4, 0.5) is 0 Å². The Balaban J connectivity index is 1.92. The second-order valence-corrected chi connectivity index (χ2v) is 5.59. The lowest BCUT2D eigenvalue weighted by Gasteiger charge is -2.27. The molecule has 2 rings (SSSR count). The zero-order valence-corrected chi connectivity index (χ0v) is 11.7. The van der Waals surface area contributed by atoms with Gasteiger partial charge in [0, 0.05) is 25.3 Å². The molecule has 2 heterocycles. The number of carbonyl (C=O) groups excluding carboxylic acids is 1. The quantitative estimate of drug-likeness (QED) is 0.814. The lowest BCUT2D eigenvalue weighted by Crippen LogP contribution is -2.44. The number of nitrogens with zero attached hydrogens (tertiary/aromatic N) is 4. The Morgan fingerprint density at radius 1 is 1.58 bits per heavy atom. The van der Waals surface area contributed by atoms with Crippen molar-refractivity contribution in [3.8, 4) is 0 Å². The van der Waals surface area contributed by atoms with Gasteiger partial charge < -0.3 is 10.2 Å². The molecule has 6 nitrogen and oxygen atoms in total. The summed E-state index contributed by atoms with van der Waals surface area (Å²) in [6.45, 7) is 7.21. The summed E-state index contributed by atoms with van der Waals surface area (Å²) in [7, 11) is 0. The van der Waals surface area contributed by atoms with Crippen molar-refractivity contribution < 1.29 is 4.79 Å². The molecule has 1 unspecified atom stereocenters. The fraction of sp³-hybridized carbons (Fsp3) is 0.769. The number of hydrogen-bond acceptors (Lipinski definition) is 4. The first-order valence-corrected chi connectivity index (χ1v) is 7.00. The van der Waals surface area contributed by atoms with Crippen LogP contribution in [0.1, 0.15) is 26.7 Å². The third-order valence-electron chi connectivity index (χ3n) is 3.31. The first kappa shape index (κ1) is 14.0. The van der Waals surface area contributed by atoms with Crippen molar-refractivity contribution in [2.45, 2.75) is 39.3 Å². The summed E-state index contributed by atoms with van der Waals surface area (Å²) in [4.78, 5) is 14.3. The van der Waals surface area contributed by atoms with Gasteiger partial charge in [0.1, 0.15) is 6.54 Å². The van der Waals surface area contributed by atoms with Gasteiger partial charge in [-0.2, -0.15) is 0 Å². The van der Waals surface area contributed by atoms with E-state index in [1.807, 2.05) is 4.90 Å². The van der Waals surface area contributed by atoms with E-state index in [1.165, 1.54) is 6.42 Å². The third kappa shape index (κ3) is 4.31. The molecule has 1 N–H and O–H groups in total. The van der Waals surface area contributed by atoms with Crippen LogP contribution < -0.4 is 5.32 Å². The van der Waals surface area contributed by atoms with Crippen LogP contribution in [-0.2, 0) is 11.3 Å². The van der Waals surface area contributed by atoms with Crippen molar-refractivity contribution >= 4 is 5.91 Å². The monoisotopic (exact) mass is 265 g/mol. The molecule has 1 saturated heterocycles. The molecule has 0 radical (unpaired) electrons. The first-order valence-electron chi connectivity index (χ1n) is 7.00. The lowest BCUT2D eigenvalue weighted by molar-refractivity contribution is -0.133. The molecular weight excluding hydrogens is 242 g/mol. The van der Waals surface area contributed by atoms with Gasteiger partial charge in [-0.25, -0.2) is 4.68 Å². The van der Waals surface area contributed by atoms with E-state index in [1.54, 1.807) is 17.1 Å². The second-order valence-electron chi connectivity index (χ2n) is 5.59. The Kier molecular flexibility index (Phi) is 4.90. The molecule has 0 aliphatic carbocycles. The Bertz CT molecular complexity index is 384. The van der Waals surface area contributed by atoms with Gasteiger partial charge in [0.25, 0.3) is 0 Å². The second kappa shape index (κ2) is 6.65. The number of rotatable bonds is 6. The maximum absolute atomic E-state index is 12.3. The van der Waals surface area contributed by atoms with E-state index in [9.17, 15) is 4.79 Å². The average molecular weight is 265 g/mol. The number of aromatic nitrogens is 3. The van der Waals surface area contributed by atoms with E-state index in [0.717, 1.165) is 26.1 Å². The molecule has 1 aliphatic rings. The van der Waals surface area contributed by atoms with Gasteiger partial charge in [0.15, 0.2) is 0 Å². The minimum Gasteiger partial charge on any atom is -0.339 e. The van der Waals surface area contributed by atoms with Gasteiger partial charge in [-0.05, 0) is 25.3 Å². The van der Waals surface area contributed by atoms with E-state index in [2.05, 4.69) is 29.5 Å². The zero-order valence-electron chi connectivity index (χ0n) is 11.7. The topological polar surface area (TPSA) is 63.1 Å². The lowest BCUT2D eigenvalue weighted by atomic mass is 10.1. The van der Waals surface area contributed by atoms with Crippen LogP contribution in [0.25, 0.3) is 0 Å². The summed E-state index contributed by atoms with van der Waals surface area (Å²) in [5.41, 5.74) is 0. The summed E-state index contributed by atoms with van der Waals surface area (Å²) >= 11 is 0. The van der Waals surface area contributed by atoms with Gasteiger partial charge in [0.05, 0.1) is 6.20 Å². The predicted octanol–water partition coefficient (Wildman–Crippen LogP) is 0.515. The Labute approximate surface area is 114 Å². The molecule has 1 aromatic heterocycles. The van der Waals surface area contributed by atoms with Gasteiger partial charge in [-0.1, -0.05) is 19.1 Å². The summed E-state index contributed by atoms with van der Waals surface area (Å²) in [6.07, 6.45) is 5.68. The largest absolute Gasteiger partial charge is 0.339 e. The number of amides is 1. The minimum absolute atomic E-state index is 0.118. The normalized spacial score (nSPS) is 19.0. The van der Waals surface area contributed by atoms with Gasteiger partial charge >= 0.3 is 0 Å². The fourth-order valence-corrected chi connectivity index (χ4v) is 2.45. The average Bonchev–Trinajstić information content (AvgIpc) is 3.00. The van der Waals surface area contributed by atoms with E-state index in [4.69, 9.17) is 0 Å². The SMILES string of the molecule is CC(C)CN(CC1CCCN1)C(=O)Cn1ccnn1. The first-order chi connectivity index (χ1) is 9.15. The summed E-state index contributed by atoms with van der Waals surface area (Å²) in [6, 6.07) is 0.443. The van der Waals surface area contributed by atoms with E-state index >= 15 is 0 Å². The van der Waals surface area contributed by atoms with Crippen LogP contribution in [0.5, 0.6) is 0 Å². The molecule has 0 aromatic carbocycles. The van der Waals surface area contributed by atoms with Crippen LogP contribution >= 0.6 is 0 Å². The standard InChI is InChI=1S/C13H23N5O/c1-11(2)8-17(9-12-4-3-5-14-12)13(19)10-18-7-6-15-16-18/h6-7,11-12,14H,3-5,8-10H2,1-2H3. The van der Waals surface area contributed by atoms with Crippen molar-refractivity contribution in [3.05, 3.63) is 12.4 Å². The van der Waals surface area contributed by atoms with Gasteiger partial charge in [-0.3, -0.25) is 4.79 Å². The van der Waals surface area contributed by atoms with E-state index in [0.29, 0.717) is 12.0 Å². The third-order valence-corrected chi connectivity index (χ3v) is 3.31. The molecule has 1 aliphatic heterocycles. The predicted molar refractivity (Wildman–Crippen MR) is 72.5 cm³/mol. The van der Waals surface area contributed by atoms with Crippen molar-refractivity contribution in [1.82, 2.24) is 25.2 Å². The smallest absolute Gasteiger partial charge is 0.244 e. The summed E-state index contributed by atoms with van der Waals surface area (Å²) < 4.78 is 1.58. The Hall–Kier alpha value is -1.43. The maximum Gasteiger partial charge on any atom is 0.244 e. The van der Waals surface area contributed by atoms with Crippen molar-refractivity contribution in [1.29, 1.82) is 0 Å². The Morgan fingerprint density at radius 3 is 3.00 bits per heavy atom. The molecule has 19 heavy (non-hydrogen) atoms. The molecular formula is C13H23N5O. The molecule has 6 heteroatoms. The van der Waals surface area contributed by atoms with Crippen LogP contribution in [0.15, 0.2) is 12.4 Å². The van der Waals surface area contributed by atoms with Crippen LogP contribution in [0.2, 0.25) is 0 Å². The molecule has 0 bridgehead atoms. The van der Waals surface area contributed by atoms with Gasteiger partial charge in [-0.15, -0.1) is 5.10 Å². The highest BCUT2D eigenvalue weighted by Gasteiger charge is 2.22. The molecule has 1 fully saturated rings. The van der Waals surface area contributed by atoms with Gasteiger partial charge in [0.2, 0.25) is 5.91 Å². The number of carbonyl (C=O) groups is 1. The fourth-order valence-electron chi connectivity index (χ4n) is 2.45. The zero-order chi connectivity index (χ0) is 13.7. The summed E-state index contributed by atoms with van der Waals surface area (Å²) in [5, 5.41) is 11.0. The van der Waals surface area contributed by atoms with Crippen LogP contribution in [0, 0.1) is 5.92 Å². The maximum atomic E-state index is 12.3. The Morgan fingerprint density at radius 2 is 2.42 bits per heavy atom. The van der Waals surface area contributed by atoms with Crippen molar-refractivity contribution in [2.24, 2.45) is 5.92 Å². The molecule has 0 saturated carbocycles. The minimum atomic E-state index is 0.118. The molecule has 0 spiro atoms. The number of nitrogens with one attached hydrogen (secondary N) is 1. The summed E-state index contributed by atoms with van der Waals surface area (Å²) in [5.74, 6) is 0.592. The molecule has 1 aromatic rings. The molecule has 1 atom stereocenters. The van der Waals surface area contributed by atoms with Crippen LogP contribution in [0.3, 0.4) is 0 Å². The number of hydrogen-bond donors (Lipinski definition) is 1. The highest BCUT2D eigenvalue weighted by atomic mass is 16.2. The van der Waals surface area contributed by atoms with Crippen molar-refractivity contribution in [2.75, 3.05) is 19.6 Å². The highest BCUT2D eigenvalue weighted by molar-refractivity contribution is 5.75. The van der Waals surface area contributed by atoms with E-state index in [-0.39, 0.29) is 12.5 Å². The van der Waals surface area contributed by atoms with Crippen LogP contribution in [-0.4, -0.2) is 51.5 Å². The van der Waals surface area contributed by atoms with Crippen molar-refractivity contribution in [3.63, 3.8) is 0 Å².